The smallest absolute Gasteiger partial charge is 0.442 e. The summed E-state index contributed by atoms with van der Waals surface area (Å²) in [6.07, 6.45) is 0.938. The summed E-state index contributed by atoms with van der Waals surface area (Å²) in [4.78, 5) is 25.2. The van der Waals surface area contributed by atoms with Gasteiger partial charge in [-0.1, -0.05) is 52.1 Å². The van der Waals surface area contributed by atoms with E-state index in [1.165, 1.54) is 11.1 Å². The molecule has 0 N–H and O–H groups in total. The van der Waals surface area contributed by atoms with Crippen molar-refractivity contribution in [3.63, 3.8) is 0 Å². The number of ether oxygens (including phenoxy) is 1. The fraction of sp³-hybridized carbons (Fsp3) is 0.118. The molecule has 0 spiro atoms. The van der Waals surface area contributed by atoms with E-state index in [0.29, 0.717) is 0 Å². The van der Waals surface area contributed by atoms with Gasteiger partial charge in [-0.05, 0) is 39.2 Å². The highest BCUT2D eigenvalue weighted by Gasteiger charge is 2.22. The van der Waals surface area contributed by atoms with Crippen LogP contribution in [0.15, 0.2) is 48.8 Å². The number of nitrogens with zero attached hydrogens (tertiary/aromatic N) is 4. The molecule has 3 aromatic rings. The normalized spacial score (nSPS) is 11.7. The molecule has 2 aromatic carbocycles. The van der Waals surface area contributed by atoms with Gasteiger partial charge in [-0.3, -0.25) is 0 Å². The van der Waals surface area contributed by atoms with Gasteiger partial charge >= 0.3 is 12.0 Å². The van der Waals surface area contributed by atoms with Crippen LogP contribution in [0.25, 0.3) is 11.1 Å². The Morgan fingerprint density at radius 3 is 2.80 bits per heavy atom. The van der Waals surface area contributed by atoms with Gasteiger partial charge in [-0.15, -0.1) is 0 Å². The molecule has 0 aliphatic heterocycles. The zero-order chi connectivity index (χ0) is 17.4. The van der Waals surface area contributed by atoms with Crippen LogP contribution in [-0.4, -0.2) is 25.8 Å². The van der Waals surface area contributed by atoms with E-state index < -0.39 is 17.0 Å². The lowest BCUT2D eigenvalue weighted by Crippen LogP contribution is -2.15. The standard InChI is InChI=1S/C17H12N4O4/c22-17(20-10-18-16(19-20)21(23)24)25-9-12-5-3-7-14-13-6-2-1-4-11(13)8-15(12)14/h1-7,10H,8-9H2. The Kier molecular flexibility index (Phi) is 3.50. The molecule has 1 aromatic heterocycles. The van der Waals surface area contributed by atoms with Crippen molar-refractivity contribution in [2.24, 2.45) is 0 Å². The third-order valence-corrected chi connectivity index (χ3v) is 4.13. The van der Waals surface area contributed by atoms with Crippen molar-refractivity contribution in [1.29, 1.82) is 0 Å². The molecule has 8 heteroatoms. The summed E-state index contributed by atoms with van der Waals surface area (Å²) < 4.78 is 5.95. The first-order valence-electron chi connectivity index (χ1n) is 7.55. The van der Waals surface area contributed by atoms with Crippen LogP contribution >= 0.6 is 0 Å². The number of aromatic nitrogens is 3. The topological polar surface area (TPSA) is 100 Å². The monoisotopic (exact) mass is 336 g/mol. The number of fused-ring (bicyclic) bond motifs is 3. The fourth-order valence-corrected chi connectivity index (χ4v) is 2.99. The Balaban J connectivity index is 1.53. The average molecular weight is 336 g/mol. The third kappa shape index (κ3) is 2.63. The van der Waals surface area contributed by atoms with Crippen LogP contribution in [0.3, 0.4) is 0 Å². The summed E-state index contributed by atoms with van der Waals surface area (Å²) in [7, 11) is 0. The van der Waals surface area contributed by atoms with Crippen molar-refractivity contribution in [1.82, 2.24) is 14.8 Å². The predicted molar refractivity (Wildman–Crippen MR) is 86.9 cm³/mol. The van der Waals surface area contributed by atoms with Crippen LogP contribution in [0, 0.1) is 10.1 Å². The zero-order valence-corrected chi connectivity index (χ0v) is 13.0. The van der Waals surface area contributed by atoms with Crippen LogP contribution in [0.2, 0.25) is 0 Å². The lowest BCUT2D eigenvalue weighted by atomic mass is 10.0. The highest BCUT2D eigenvalue weighted by atomic mass is 16.6. The molecule has 1 aliphatic rings. The van der Waals surface area contributed by atoms with Gasteiger partial charge in [0.2, 0.25) is 6.33 Å². The van der Waals surface area contributed by atoms with Crippen molar-refractivity contribution >= 4 is 12.0 Å². The molecular formula is C17H12N4O4. The Morgan fingerprint density at radius 2 is 2.00 bits per heavy atom. The minimum atomic E-state index is -0.811. The van der Waals surface area contributed by atoms with Crippen LogP contribution in [-0.2, 0) is 17.8 Å². The molecular weight excluding hydrogens is 324 g/mol. The summed E-state index contributed by atoms with van der Waals surface area (Å²) in [6.45, 7) is 0.0592. The molecule has 0 atom stereocenters. The molecule has 0 unspecified atom stereocenters. The summed E-state index contributed by atoms with van der Waals surface area (Å²) in [6, 6.07) is 14.0. The summed E-state index contributed by atoms with van der Waals surface area (Å²) >= 11 is 0. The number of rotatable bonds is 3. The molecule has 4 rings (SSSR count). The molecule has 0 fully saturated rings. The van der Waals surface area contributed by atoms with Gasteiger partial charge < -0.3 is 14.9 Å². The van der Waals surface area contributed by atoms with E-state index in [-0.39, 0.29) is 6.61 Å². The number of carbonyl (C=O) groups excluding carboxylic acids is 1. The quantitative estimate of drug-likeness (QED) is 0.421. The van der Waals surface area contributed by atoms with Gasteiger partial charge in [-0.25, -0.2) is 4.79 Å². The first-order valence-corrected chi connectivity index (χ1v) is 7.55. The third-order valence-electron chi connectivity index (χ3n) is 4.13. The Hall–Kier alpha value is -3.55. The number of hydrogen-bond donors (Lipinski definition) is 0. The molecule has 1 aliphatic carbocycles. The SMILES string of the molecule is O=C(OCc1cccc2c1Cc1ccccc1-2)n1cnc([N+](=O)[O-])n1. The zero-order valence-electron chi connectivity index (χ0n) is 13.0. The van der Waals surface area contributed by atoms with Crippen molar-refractivity contribution in [3.05, 3.63) is 75.6 Å². The second kappa shape index (κ2) is 5.82. The maximum Gasteiger partial charge on any atom is 0.491 e. The van der Waals surface area contributed by atoms with Gasteiger partial charge in [0.25, 0.3) is 0 Å². The Labute approximate surface area is 141 Å². The van der Waals surface area contributed by atoms with Gasteiger partial charge in [0.1, 0.15) is 6.61 Å². The molecule has 0 amide bonds. The minimum Gasteiger partial charge on any atom is -0.442 e. The maximum atomic E-state index is 12.0. The molecule has 0 saturated heterocycles. The first kappa shape index (κ1) is 15.0. The van der Waals surface area contributed by atoms with Crippen LogP contribution in [0.5, 0.6) is 0 Å². The molecule has 0 saturated carbocycles. The van der Waals surface area contributed by atoms with Crippen molar-refractivity contribution in [3.8, 4) is 11.1 Å². The van der Waals surface area contributed by atoms with E-state index in [0.717, 1.165) is 34.1 Å². The highest BCUT2D eigenvalue weighted by molar-refractivity contribution is 5.78. The lowest BCUT2D eigenvalue weighted by molar-refractivity contribution is -0.394. The number of hydrogen-bond acceptors (Lipinski definition) is 6. The van der Waals surface area contributed by atoms with Crippen molar-refractivity contribution in [2.45, 2.75) is 13.0 Å². The molecule has 0 bridgehead atoms. The largest absolute Gasteiger partial charge is 0.491 e. The predicted octanol–water partition coefficient (Wildman–Crippen LogP) is 2.94. The van der Waals surface area contributed by atoms with E-state index in [1.54, 1.807) is 0 Å². The van der Waals surface area contributed by atoms with E-state index in [9.17, 15) is 14.9 Å². The van der Waals surface area contributed by atoms with Gasteiger partial charge in [0, 0.05) is 5.10 Å². The second-order valence-corrected chi connectivity index (χ2v) is 5.58. The van der Waals surface area contributed by atoms with E-state index in [2.05, 4.69) is 22.2 Å². The van der Waals surface area contributed by atoms with E-state index >= 15 is 0 Å². The molecule has 124 valence electrons. The molecule has 1 heterocycles. The maximum absolute atomic E-state index is 12.0. The van der Waals surface area contributed by atoms with Crippen LogP contribution < -0.4 is 0 Å². The Bertz CT molecular complexity index is 996. The fourth-order valence-electron chi connectivity index (χ4n) is 2.99. The molecule has 8 nitrogen and oxygen atoms in total. The Morgan fingerprint density at radius 1 is 1.20 bits per heavy atom. The van der Waals surface area contributed by atoms with Crippen molar-refractivity contribution in [2.75, 3.05) is 0 Å². The highest BCUT2D eigenvalue weighted by Crippen LogP contribution is 2.38. The van der Waals surface area contributed by atoms with E-state index in [1.807, 2.05) is 30.3 Å². The van der Waals surface area contributed by atoms with Gasteiger partial charge in [0.05, 0.1) is 0 Å². The lowest BCUT2D eigenvalue weighted by Gasteiger charge is -2.08. The second-order valence-electron chi connectivity index (χ2n) is 5.58. The summed E-state index contributed by atoms with van der Waals surface area (Å²) in [5, 5.41) is 14.0. The molecule has 25 heavy (non-hydrogen) atoms. The van der Waals surface area contributed by atoms with Crippen LogP contribution in [0.4, 0.5) is 10.7 Å². The number of benzene rings is 2. The van der Waals surface area contributed by atoms with Gasteiger partial charge in [0.15, 0.2) is 0 Å². The number of nitro groups is 1. The summed E-state index contributed by atoms with van der Waals surface area (Å²) in [5.74, 6) is -0.645. The number of carbonyl (C=O) groups is 1. The average Bonchev–Trinajstić information content (AvgIpc) is 3.25. The summed E-state index contributed by atoms with van der Waals surface area (Å²) in [5.41, 5.74) is 5.60. The minimum absolute atomic E-state index is 0.0592. The van der Waals surface area contributed by atoms with Gasteiger partial charge in [-0.2, -0.15) is 0 Å². The first-order chi connectivity index (χ1) is 12.1. The molecule has 0 radical (unpaired) electrons. The van der Waals surface area contributed by atoms with E-state index in [4.69, 9.17) is 4.74 Å². The van der Waals surface area contributed by atoms with Crippen LogP contribution in [0.1, 0.15) is 16.7 Å². The van der Waals surface area contributed by atoms with Crippen molar-refractivity contribution < 1.29 is 14.5 Å².